The van der Waals surface area contributed by atoms with Crippen molar-refractivity contribution in [2.45, 2.75) is 0 Å². The van der Waals surface area contributed by atoms with Crippen molar-refractivity contribution in [3.63, 3.8) is 0 Å². The molecule has 0 aliphatic carbocycles. The van der Waals surface area contributed by atoms with Gasteiger partial charge in [0, 0.05) is 14.1 Å². The molecule has 0 atom stereocenters. The minimum atomic E-state index is 0. The topological polar surface area (TPSA) is 36.3 Å². The van der Waals surface area contributed by atoms with E-state index in [0.717, 1.165) is 0 Å². The molecule has 0 aromatic rings. The molecule has 0 aliphatic rings. The molecule has 0 aromatic carbocycles. The summed E-state index contributed by atoms with van der Waals surface area (Å²) in [5.74, 6) is 0. The number of nitrogens with zero attached hydrogens (tertiary/aromatic N) is 1. The molecule has 0 saturated heterocycles. The smallest absolute Gasteiger partial charge is 0.283 e. The number of halogens is 1. The third-order valence-corrected chi connectivity index (χ3v) is 0.600. The van der Waals surface area contributed by atoms with E-state index in [1.165, 1.54) is 7.11 Å². The van der Waals surface area contributed by atoms with Gasteiger partial charge in [0.25, 0.3) is 6.02 Å². The number of methoxy groups -OCH3 is 1. The molecule has 1 N–H and O–H groups in total. The van der Waals surface area contributed by atoms with Crippen molar-refractivity contribution in [2.75, 3.05) is 21.2 Å². The summed E-state index contributed by atoms with van der Waals surface area (Å²) in [4.78, 5) is 1.58. The predicted octanol–water partition coefficient (Wildman–Crippen LogP) is 0.747. The third kappa shape index (κ3) is 4.17. The van der Waals surface area contributed by atoms with Gasteiger partial charge in [0.05, 0.1) is 7.11 Å². The molecule has 0 aromatic heterocycles. The fraction of sp³-hybridized carbons (Fsp3) is 0.750. The van der Waals surface area contributed by atoms with E-state index in [9.17, 15) is 0 Å². The van der Waals surface area contributed by atoms with E-state index in [1.807, 2.05) is 0 Å². The maximum Gasteiger partial charge on any atom is 0.283 e. The molecule has 4 heteroatoms. The molecule has 0 amide bonds. The molecule has 8 heavy (non-hydrogen) atoms. The van der Waals surface area contributed by atoms with Gasteiger partial charge in [-0.3, -0.25) is 5.41 Å². The van der Waals surface area contributed by atoms with Gasteiger partial charge in [0.1, 0.15) is 0 Å². The van der Waals surface area contributed by atoms with Crippen LogP contribution in [0.3, 0.4) is 0 Å². The lowest BCUT2D eigenvalue weighted by Crippen LogP contribution is -2.21. The zero-order chi connectivity index (χ0) is 5.86. The quantitative estimate of drug-likeness (QED) is 0.378. The molecule has 50 valence electrons. The summed E-state index contributed by atoms with van der Waals surface area (Å²) in [5.41, 5.74) is 0. The van der Waals surface area contributed by atoms with Crippen LogP contribution in [0.4, 0.5) is 0 Å². The van der Waals surface area contributed by atoms with Crippen molar-refractivity contribution in [2.24, 2.45) is 0 Å². The molecular formula is C4H11IN2O. The molecule has 0 fully saturated rings. The summed E-state index contributed by atoms with van der Waals surface area (Å²) < 4.78 is 4.52. The first-order valence-electron chi connectivity index (χ1n) is 1.98. The fourth-order valence-corrected chi connectivity index (χ4v) is 0.183. The summed E-state index contributed by atoms with van der Waals surface area (Å²) in [6.45, 7) is 0. The highest BCUT2D eigenvalue weighted by Crippen LogP contribution is 1.75. The Morgan fingerprint density at radius 1 is 1.50 bits per heavy atom. The lowest BCUT2D eigenvalue weighted by Gasteiger charge is -2.09. The second-order valence-corrected chi connectivity index (χ2v) is 1.40. The van der Waals surface area contributed by atoms with Crippen LogP contribution >= 0.6 is 24.0 Å². The zero-order valence-corrected chi connectivity index (χ0v) is 7.59. The highest BCUT2D eigenvalue weighted by molar-refractivity contribution is 14.0. The Hall–Kier alpha value is 0. The molecule has 0 spiro atoms. The lowest BCUT2D eigenvalue weighted by atomic mass is 10.9. The summed E-state index contributed by atoms with van der Waals surface area (Å²) in [7, 11) is 4.99. The van der Waals surface area contributed by atoms with E-state index in [2.05, 4.69) is 4.74 Å². The van der Waals surface area contributed by atoms with E-state index < -0.39 is 0 Å². The maximum absolute atomic E-state index is 6.90. The average Bonchev–Trinajstić information content (AvgIpc) is 1.65. The number of ether oxygens (including phenoxy) is 1. The van der Waals surface area contributed by atoms with Gasteiger partial charge < -0.3 is 9.64 Å². The number of rotatable bonds is 0. The Bertz CT molecular complexity index is 74.4. The highest BCUT2D eigenvalue weighted by atomic mass is 127. The van der Waals surface area contributed by atoms with Crippen LogP contribution in [0.2, 0.25) is 0 Å². The van der Waals surface area contributed by atoms with Crippen molar-refractivity contribution in [1.29, 1.82) is 5.41 Å². The minimum absolute atomic E-state index is 0. The van der Waals surface area contributed by atoms with Gasteiger partial charge in [-0.25, -0.2) is 0 Å². The van der Waals surface area contributed by atoms with E-state index in [0.29, 0.717) is 0 Å². The Labute approximate surface area is 66.5 Å². The molecule has 0 aliphatic heterocycles. The van der Waals surface area contributed by atoms with E-state index in [1.54, 1.807) is 19.0 Å². The predicted molar refractivity (Wildman–Crippen MR) is 43.8 cm³/mol. The molecule has 0 rings (SSSR count). The Kier molecular flexibility index (Phi) is 7.00. The Morgan fingerprint density at radius 3 is 1.88 bits per heavy atom. The minimum Gasteiger partial charge on any atom is -0.469 e. The van der Waals surface area contributed by atoms with Gasteiger partial charge in [0.2, 0.25) is 0 Å². The van der Waals surface area contributed by atoms with Gasteiger partial charge in [-0.05, 0) is 0 Å². The summed E-state index contributed by atoms with van der Waals surface area (Å²) >= 11 is 0. The van der Waals surface area contributed by atoms with Gasteiger partial charge in [-0.2, -0.15) is 0 Å². The van der Waals surface area contributed by atoms with E-state index in [-0.39, 0.29) is 30.0 Å². The van der Waals surface area contributed by atoms with Crippen LogP contribution in [0.5, 0.6) is 0 Å². The van der Waals surface area contributed by atoms with E-state index in [4.69, 9.17) is 5.41 Å². The first-order chi connectivity index (χ1) is 3.18. The Morgan fingerprint density at radius 2 is 1.88 bits per heavy atom. The Balaban J connectivity index is 0. The summed E-state index contributed by atoms with van der Waals surface area (Å²) in [6, 6.07) is 0.181. The summed E-state index contributed by atoms with van der Waals surface area (Å²) in [6.07, 6.45) is 0. The van der Waals surface area contributed by atoms with Gasteiger partial charge in [-0.1, -0.05) is 0 Å². The second kappa shape index (κ2) is 5.14. The number of nitrogens with one attached hydrogen (secondary N) is 1. The third-order valence-electron chi connectivity index (χ3n) is 0.600. The van der Waals surface area contributed by atoms with Crippen LogP contribution < -0.4 is 0 Å². The van der Waals surface area contributed by atoms with E-state index >= 15 is 0 Å². The molecule has 0 saturated carbocycles. The number of hydrogen-bond acceptors (Lipinski definition) is 2. The van der Waals surface area contributed by atoms with Crippen LogP contribution in [0.1, 0.15) is 0 Å². The number of hydrogen-bond donors (Lipinski definition) is 1. The normalized spacial score (nSPS) is 6.88. The largest absolute Gasteiger partial charge is 0.469 e. The zero-order valence-electron chi connectivity index (χ0n) is 5.26. The molecule has 0 heterocycles. The average molecular weight is 230 g/mol. The SMILES string of the molecule is COC(=N)N(C)C.I. The molecular weight excluding hydrogens is 219 g/mol. The first kappa shape index (κ1) is 10.9. The second-order valence-electron chi connectivity index (χ2n) is 1.40. The van der Waals surface area contributed by atoms with Gasteiger partial charge >= 0.3 is 0 Å². The van der Waals surface area contributed by atoms with Crippen molar-refractivity contribution in [3.8, 4) is 0 Å². The standard InChI is InChI=1S/C4H10N2O.HI/c1-6(2)4(5)7-3;/h5H,1-3H3;1H. The molecule has 0 radical (unpaired) electrons. The lowest BCUT2D eigenvalue weighted by molar-refractivity contribution is 0.326. The monoisotopic (exact) mass is 230 g/mol. The van der Waals surface area contributed by atoms with Gasteiger partial charge in [0.15, 0.2) is 0 Å². The molecule has 0 unspecified atom stereocenters. The van der Waals surface area contributed by atoms with Crippen LogP contribution in [-0.4, -0.2) is 32.1 Å². The van der Waals surface area contributed by atoms with Crippen molar-refractivity contribution < 1.29 is 4.74 Å². The van der Waals surface area contributed by atoms with Crippen molar-refractivity contribution in [3.05, 3.63) is 0 Å². The number of amidine groups is 1. The first-order valence-corrected chi connectivity index (χ1v) is 1.98. The van der Waals surface area contributed by atoms with Crippen LogP contribution in [-0.2, 0) is 4.74 Å². The highest BCUT2D eigenvalue weighted by Gasteiger charge is 1.91. The molecule has 0 bridgehead atoms. The van der Waals surface area contributed by atoms with Gasteiger partial charge in [-0.15, -0.1) is 24.0 Å². The fourth-order valence-electron chi connectivity index (χ4n) is 0.183. The maximum atomic E-state index is 6.90. The van der Waals surface area contributed by atoms with Crippen molar-refractivity contribution >= 4 is 30.0 Å². The van der Waals surface area contributed by atoms with Crippen LogP contribution in [0, 0.1) is 5.41 Å². The van der Waals surface area contributed by atoms with Crippen molar-refractivity contribution in [1.82, 2.24) is 4.90 Å². The molecule has 3 nitrogen and oxygen atoms in total. The van der Waals surface area contributed by atoms with Crippen LogP contribution in [0.15, 0.2) is 0 Å². The van der Waals surface area contributed by atoms with Crippen LogP contribution in [0.25, 0.3) is 0 Å². The summed E-state index contributed by atoms with van der Waals surface area (Å²) in [5, 5.41) is 6.90.